The van der Waals surface area contributed by atoms with Crippen LogP contribution < -0.4 is 5.32 Å². The summed E-state index contributed by atoms with van der Waals surface area (Å²) in [6.07, 6.45) is 4.00. The summed E-state index contributed by atoms with van der Waals surface area (Å²) < 4.78 is 1.18. The van der Waals surface area contributed by atoms with Crippen molar-refractivity contribution in [3.8, 4) is 0 Å². The van der Waals surface area contributed by atoms with Crippen molar-refractivity contribution in [1.82, 2.24) is 10.2 Å². The molecule has 0 aliphatic heterocycles. The second kappa shape index (κ2) is 5.94. The molecule has 0 bridgehead atoms. The van der Waals surface area contributed by atoms with E-state index in [0.29, 0.717) is 11.5 Å². The summed E-state index contributed by atoms with van der Waals surface area (Å²) in [6.45, 7) is 3.33. The monoisotopic (exact) mass is 324 g/mol. The molecule has 0 radical (unpaired) electrons. The van der Waals surface area contributed by atoms with Crippen molar-refractivity contribution in [2.45, 2.75) is 32.2 Å². The lowest BCUT2D eigenvalue weighted by molar-refractivity contribution is 0.0212. The molecule has 3 heteroatoms. The average molecular weight is 325 g/mol. The highest BCUT2D eigenvalue weighted by Gasteiger charge is 2.45. The van der Waals surface area contributed by atoms with Gasteiger partial charge in [0, 0.05) is 22.5 Å². The van der Waals surface area contributed by atoms with Gasteiger partial charge in [-0.2, -0.15) is 0 Å². The van der Waals surface area contributed by atoms with Crippen molar-refractivity contribution in [1.29, 1.82) is 0 Å². The number of nitrogens with zero attached hydrogens (tertiary/aromatic N) is 1. The van der Waals surface area contributed by atoms with E-state index in [4.69, 9.17) is 0 Å². The molecule has 19 heavy (non-hydrogen) atoms. The van der Waals surface area contributed by atoms with Crippen LogP contribution in [0.15, 0.2) is 22.7 Å². The Hall–Kier alpha value is -0.380. The lowest BCUT2D eigenvalue weighted by atomic mass is 9.61. The molecule has 0 heterocycles. The number of hydrogen-bond donors (Lipinski definition) is 1. The van der Waals surface area contributed by atoms with E-state index in [-0.39, 0.29) is 0 Å². The smallest absolute Gasteiger partial charge is 0.0413 e. The van der Waals surface area contributed by atoms with Gasteiger partial charge >= 0.3 is 0 Å². The number of nitrogens with one attached hydrogen (secondary N) is 1. The second-order valence-corrected chi connectivity index (χ2v) is 7.03. The number of halogens is 1. The van der Waals surface area contributed by atoms with Crippen molar-refractivity contribution < 1.29 is 0 Å². The molecule has 1 atom stereocenters. The largest absolute Gasteiger partial charge is 0.319 e. The van der Waals surface area contributed by atoms with Crippen LogP contribution in [0.5, 0.6) is 0 Å². The predicted octanol–water partition coefficient (Wildman–Crippen LogP) is 3.75. The van der Waals surface area contributed by atoms with Crippen molar-refractivity contribution in [3.05, 3.63) is 33.8 Å². The fourth-order valence-corrected chi connectivity index (χ4v) is 3.97. The molecule has 1 unspecified atom stereocenters. The molecule has 0 amide bonds. The van der Waals surface area contributed by atoms with Gasteiger partial charge in [0.2, 0.25) is 0 Å². The quantitative estimate of drug-likeness (QED) is 0.887. The summed E-state index contributed by atoms with van der Waals surface area (Å²) in [4.78, 5) is 2.39. The van der Waals surface area contributed by atoms with Crippen LogP contribution in [0.4, 0.5) is 0 Å². The molecule has 1 saturated carbocycles. The minimum Gasteiger partial charge on any atom is -0.319 e. The first-order valence-electron chi connectivity index (χ1n) is 7.07. The molecular weight excluding hydrogens is 300 g/mol. The normalized spacial score (nSPS) is 19.3. The summed E-state index contributed by atoms with van der Waals surface area (Å²) >= 11 is 3.63. The Kier molecular flexibility index (Phi) is 4.70. The maximum absolute atomic E-state index is 3.63. The Balaban J connectivity index is 2.42. The zero-order valence-corrected chi connectivity index (χ0v) is 14.0. The highest BCUT2D eigenvalue weighted by atomic mass is 79.9. The van der Waals surface area contributed by atoms with Crippen LogP contribution in [0.2, 0.25) is 0 Å². The second-order valence-electron chi connectivity index (χ2n) is 6.11. The zero-order valence-electron chi connectivity index (χ0n) is 12.5. The Morgan fingerprint density at radius 1 is 1.37 bits per heavy atom. The van der Waals surface area contributed by atoms with Crippen LogP contribution in [0.25, 0.3) is 0 Å². The predicted molar refractivity (Wildman–Crippen MR) is 85.5 cm³/mol. The average Bonchev–Trinajstić information content (AvgIpc) is 2.30. The zero-order chi connectivity index (χ0) is 14.0. The first-order chi connectivity index (χ1) is 9.00. The van der Waals surface area contributed by atoms with Crippen LogP contribution >= 0.6 is 15.9 Å². The van der Waals surface area contributed by atoms with Crippen LogP contribution in [0, 0.1) is 12.3 Å². The van der Waals surface area contributed by atoms with Gasteiger partial charge < -0.3 is 10.2 Å². The molecule has 2 nitrogen and oxygen atoms in total. The van der Waals surface area contributed by atoms with E-state index >= 15 is 0 Å². The van der Waals surface area contributed by atoms with Gasteiger partial charge in [-0.05, 0) is 64.2 Å². The number of hydrogen-bond acceptors (Lipinski definition) is 2. The van der Waals surface area contributed by atoms with E-state index in [9.17, 15) is 0 Å². The summed E-state index contributed by atoms with van der Waals surface area (Å²) in [7, 11) is 6.49. The van der Waals surface area contributed by atoms with Gasteiger partial charge in [0.15, 0.2) is 0 Å². The van der Waals surface area contributed by atoms with Crippen molar-refractivity contribution in [3.63, 3.8) is 0 Å². The number of benzene rings is 1. The minimum absolute atomic E-state index is 0.393. The highest BCUT2D eigenvalue weighted by Crippen LogP contribution is 2.52. The van der Waals surface area contributed by atoms with Gasteiger partial charge in [-0.3, -0.25) is 0 Å². The summed E-state index contributed by atoms with van der Waals surface area (Å²) in [5.74, 6) is 0. The maximum atomic E-state index is 3.63. The topological polar surface area (TPSA) is 15.3 Å². The highest BCUT2D eigenvalue weighted by molar-refractivity contribution is 9.10. The first kappa shape index (κ1) is 15.0. The first-order valence-corrected chi connectivity index (χ1v) is 7.86. The van der Waals surface area contributed by atoms with E-state index in [0.717, 1.165) is 6.54 Å². The standard InChI is InChI=1S/C16H25BrN2/c1-12-6-7-13(17)10-14(12)15(19(3)4)16(11-18-2)8-5-9-16/h6-7,10,15,18H,5,8-9,11H2,1-4H3. The molecular formula is C16H25BrN2. The van der Waals surface area contributed by atoms with E-state index in [2.05, 4.69) is 72.4 Å². The number of rotatable bonds is 5. The fraction of sp³-hybridized carbons (Fsp3) is 0.625. The molecule has 1 aromatic rings. The Labute approximate surface area is 125 Å². The summed E-state index contributed by atoms with van der Waals surface area (Å²) in [5, 5.41) is 3.41. The third-order valence-electron chi connectivity index (χ3n) is 4.51. The molecule has 1 aliphatic rings. The van der Waals surface area contributed by atoms with Gasteiger partial charge in [-0.25, -0.2) is 0 Å². The molecule has 1 aromatic carbocycles. The van der Waals surface area contributed by atoms with Crippen LogP contribution in [-0.2, 0) is 0 Å². The van der Waals surface area contributed by atoms with Crippen LogP contribution in [0.3, 0.4) is 0 Å². The molecule has 1 fully saturated rings. The Morgan fingerprint density at radius 3 is 2.53 bits per heavy atom. The number of aryl methyl sites for hydroxylation is 1. The van der Waals surface area contributed by atoms with Crippen LogP contribution in [0.1, 0.15) is 36.4 Å². The van der Waals surface area contributed by atoms with Gasteiger partial charge in [-0.1, -0.05) is 28.4 Å². The van der Waals surface area contributed by atoms with E-state index in [1.807, 2.05) is 0 Å². The maximum Gasteiger partial charge on any atom is 0.0413 e. The van der Waals surface area contributed by atoms with Crippen molar-refractivity contribution in [2.75, 3.05) is 27.7 Å². The van der Waals surface area contributed by atoms with Crippen LogP contribution in [-0.4, -0.2) is 32.6 Å². The lowest BCUT2D eigenvalue weighted by Crippen LogP contribution is -2.48. The van der Waals surface area contributed by atoms with Gasteiger partial charge in [0.05, 0.1) is 0 Å². The van der Waals surface area contributed by atoms with Crippen molar-refractivity contribution >= 4 is 15.9 Å². The molecule has 1 aliphatic carbocycles. The Bertz CT molecular complexity index is 438. The minimum atomic E-state index is 0.393. The summed E-state index contributed by atoms with van der Waals surface area (Å²) in [6, 6.07) is 7.15. The van der Waals surface area contributed by atoms with Gasteiger partial charge in [0.1, 0.15) is 0 Å². The van der Waals surface area contributed by atoms with Crippen molar-refractivity contribution in [2.24, 2.45) is 5.41 Å². The molecule has 106 valence electrons. The third-order valence-corrected chi connectivity index (χ3v) is 5.00. The third kappa shape index (κ3) is 2.88. The van der Waals surface area contributed by atoms with E-state index < -0.39 is 0 Å². The molecule has 2 rings (SSSR count). The molecule has 0 aromatic heterocycles. The molecule has 1 N–H and O–H groups in total. The van der Waals surface area contributed by atoms with Gasteiger partial charge in [-0.15, -0.1) is 0 Å². The van der Waals surface area contributed by atoms with Gasteiger partial charge in [0.25, 0.3) is 0 Å². The lowest BCUT2D eigenvalue weighted by Gasteiger charge is -2.51. The SMILES string of the molecule is CNCC1(C(c2cc(Br)ccc2C)N(C)C)CCC1. The summed E-state index contributed by atoms with van der Waals surface area (Å²) in [5.41, 5.74) is 3.25. The van der Waals surface area contributed by atoms with E-state index in [1.54, 1.807) is 0 Å². The molecule has 0 spiro atoms. The Morgan fingerprint density at radius 2 is 2.05 bits per heavy atom. The fourth-order valence-electron chi connectivity index (χ4n) is 3.59. The molecule has 0 saturated heterocycles. The van der Waals surface area contributed by atoms with E-state index in [1.165, 1.54) is 34.9 Å².